The largest absolute Gasteiger partial charge is 0.466 e. The smallest absolute Gasteiger partial charge is 0.305 e. The van der Waals surface area contributed by atoms with Gasteiger partial charge in [0, 0.05) is 13.0 Å². The first-order valence-corrected chi connectivity index (χ1v) is 10.6. The van der Waals surface area contributed by atoms with Gasteiger partial charge in [0.05, 0.1) is 6.61 Å². The predicted octanol–water partition coefficient (Wildman–Crippen LogP) is 5.66. The maximum absolute atomic E-state index is 11.4. The summed E-state index contributed by atoms with van der Waals surface area (Å²) in [7, 11) is 2.15. The Morgan fingerprint density at radius 2 is 1.55 bits per heavy atom. The number of unbranched alkanes of at least 4 members (excludes halogenated alkanes) is 1. The zero-order chi connectivity index (χ0) is 20.5. The van der Waals surface area contributed by atoms with Crippen LogP contribution in [0, 0.1) is 0 Å². The van der Waals surface area contributed by atoms with E-state index in [-0.39, 0.29) is 5.97 Å². The third kappa shape index (κ3) is 5.91. The number of carbonyl (C=O) groups is 1. The van der Waals surface area contributed by atoms with Crippen LogP contribution in [0.25, 0.3) is 17.7 Å². The van der Waals surface area contributed by atoms with E-state index in [0.29, 0.717) is 13.0 Å². The molecule has 0 spiro atoms. The number of fused-ring (bicyclic) bond motifs is 2. The van der Waals surface area contributed by atoms with E-state index in [1.54, 1.807) is 0 Å². The average molecular weight is 390 g/mol. The summed E-state index contributed by atoms with van der Waals surface area (Å²) in [6.07, 6.45) is 10.2. The minimum atomic E-state index is -0.0841. The summed E-state index contributed by atoms with van der Waals surface area (Å²) in [5, 5.41) is 0. The molecule has 1 aliphatic rings. The topological polar surface area (TPSA) is 29.5 Å². The highest BCUT2D eigenvalue weighted by Crippen LogP contribution is 2.33. The summed E-state index contributed by atoms with van der Waals surface area (Å²) in [6.45, 7) is 4.31. The van der Waals surface area contributed by atoms with E-state index in [4.69, 9.17) is 4.74 Å². The molecule has 0 aliphatic heterocycles. The molecule has 0 unspecified atom stereocenters. The van der Waals surface area contributed by atoms with Crippen LogP contribution in [-0.4, -0.2) is 37.6 Å². The Morgan fingerprint density at radius 1 is 0.931 bits per heavy atom. The molecular weight excluding hydrogens is 358 g/mol. The van der Waals surface area contributed by atoms with Crippen molar-refractivity contribution in [2.45, 2.75) is 32.6 Å². The molecule has 0 saturated carbocycles. The molecule has 2 aromatic carbocycles. The number of hydrogen-bond acceptors (Lipinski definition) is 3. The Balaban J connectivity index is 1.60. The lowest BCUT2D eigenvalue weighted by atomic mass is 9.93. The predicted molar refractivity (Wildman–Crippen MR) is 121 cm³/mol. The van der Waals surface area contributed by atoms with Crippen molar-refractivity contribution in [3.63, 3.8) is 0 Å². The van der Waals surface area contributed by atoms with Crippen LogP contribution in [0.1, 0.15) is 54.9 Å². The SMILES string of the molecule is CCOC(=O)CCCCN(C)CCC=C1c2ccccc2C=Cc2ccccc21. The molecule has 0 atom stereocenters. The zero-order valence-electron chi connectivity index (χ0n) is 17.6. The maximum atomic E-state index is 11.4. The molecule has 29 heavy (non-hydrogen) atoms. The van der Waals surface area contributed by atoms with Crippen molar-refractivity contribution in [1.82, 2.24) is 4.90 Å². The highest BCUT2D eigenvalue weighted by molar-refractivity contribution is 5.93. The maximum Gasteiger partial charge on any atom is 0.305 e. The van der Waals surface area contributed by atoms with Gasteiger partial charge in [-0.2, -0.15) is 0 Å². The Kier molecular flexibility index (Phi) is 7.83. The zero-order valence-corrected chi connectivity index (χ0v) is 17.6. The second-order valence-electron chi connectivity index (χ2n) is 7.48. The normalized spacial score (nSPS) is 12.3. The van der Waals surface area contributed by atoms with E-state index in [1.165, 1.54) is 27.8 Å². The summed E-state index contributed by atoms with van der Waals surface area (Å²) in [5.74, 6) is -0.0841. The van der Waals surface area contributed by atoms with Crippen LogP contribution in [0.4, 0.5) is 0 Å². The number of esters is 1. The molecule has 0 N–H and O–H groups in total. The highest BCUT2D eigenvalue weighted by Gasteiger charge is 2.14. The minimum absolute atomic E-state index is 0.0841. The van der Waals surface area contributed by atoms with Crippen molar-refractivity contribution in [2.75, 3.05) is 26.7 Å². The quantitative estimate of drug-likeness (QED) is 0.349. The standard InChI is InChI=1S/C26H31NO2/c1-3-29-26(28)16-8-9-19-27(2)20-10-15-25-23-13-6-4-11-21(23)17-18-22-12-5-7-14-24(22)25/h4-7,11-15,17-18H,3,8-10,16,19-20H2,1-2H3. The van der Waals surface area contributed by atoms with E-state index in [2.05, 4.69) is 78.7 Å². The summed E-state index contributed by atoms with van der Waals surface area (Å²) in [6, 6.07) is 17.2. The molecule has 2 aromatic rings. The lowest BCUT2D eigenvalue weighted by molar-refractivity contribution is -0.143. The number of rotatable bonds is 9. The Hall–Kier alpha value is -2.65. The molecule has 0 amide bonds. The third-order valence-electron chi connectivity index (χ3n) is 5.28. The number of ether oxygens (including phenoxy) is 1. The van der Waals surface area contributed by atoms with Gasteiger partial charge in [-0.15, -0.1) is 0 Å². The molecule has 0 saturated heterocycles. The van der Waals surface area contributed by atoms with Crippen LogP contribution in [0.3, 0.4) is 0 Å². The van der Waals surface area contributed by atoms with Crippen molar-refractivity contribution >= 4 is 23.7 Å². The first kappa shape index (κ1) is 21.1. The summed E-state index contributed by atoms with van der Waals surface area (Å²) in [5.41, 5.74) is 6.44. The number of benzene rings is 2. The van der Waals surface area contributed by atoms with Gasteiger partial charge in [0.25, 0.3) is 0 Å². The first-order valence-electron chi connectivity index (χ1n) is 10.6. The Labute approximate surface area is 174 Å². The molecule has 0 fully saturated rings. The van der Waals surface area contributed by atoms with Gasteiger partial charge in [-0.05, 0) is 67.6 Å². The highest BCUT2D eigenvalue weighted by atomic mass is 16.5. The van der Waals surface area contributed by atoms with Crippen LogP contribution >= 0.6 is 0 Å². The Morgan fingerprint density at radius 3 is 2.17 bits per heavy atom. The van der Waals surface area contributed by atoms with Gasteiger partial charge < -0.3 is 9.64 Å². The molecule has 1 aliphatic carbocycles. The van der Waals surface area contributed by atoms with Crippen molar-refractivity contribution in [2.24, 2.45) is 0 Å². The minimum Gasteiger partial charge on any atom is -0.466 e. The second kappa shape index (κ2) is 10.8. The van der Waals surface area contributed by atoms with E-state index in [1.807, 2.05) is 6.92 Å². The molecule has 0 bridgehead atoms. The fourth-order valence-corrected chi connectivity index (χ4v) is 3.75. The lowest BCUT2D eigenvalue weighted by Gasteiger charge is -2.16. The molecule has 152 valence electrons. The molecule has 3 heteroatoms. The molecule has 0 radical (unpaired) electrons. The average Bonchev–Trinajstić information content (AvgIpc) is 2.89. The second-order valence-corrected chi connectivity index (χ2v) is 7.48. The van der Waals surface area contributed by atoms with Crippen LogP contribution in [0.2, 0.25) is 0 Å². The van der Waals surface area contributed by atoms with E-state index in [0.717, 1.165) is 32.4 Å². The van der Waals surface area contributed by atoms with E-state index in [9.17, 15) is 4.79 Å². The summed E-state index contributed by atoms with van der Waals surface area (Å²) in [4.78, 5) is 13.8. The van der Waals surface area contributed by atoms with Gasteiger partial charge in [-0.25, -0.2) is 0 Å². The molecule has 3 nitrogen and oxygen atoms in total. The number of hydrogen-bond donors (Lipinski definition) is 0. The van der Waals surface area contributed by atoms with Crippen molar-refractivity contribution in [3.8, 4) is 0 Å². The van der Waals surface area contributed by atoms with Crippen LogP contribution in [0.15, 0.2) is 54.6 Å². The van der Waals surface area contributed by atoms with Gasteiger partial charge in [0.15, 0.2) is 0 Å². The Bertz CT molecular complexity index is 830. The monoisotopic (exact) mass is 389 g/mol. The van der Waals surface area contributed by atoms with E-state index >= 15 is 0 Å². The summed E-state index contributed by atoms with van der Waals surface area (Å²) < 4.78 is 4.98. The molecule has 0 aromatic heterocycles. The number of nitrogens with zero attached hydrogens (tertiary/aromatic N) is 1. The van der Waals surface area contributed by atoms with Crippen LogP contribution in [0.5, 0.6) is 0 Å². The molecule has 3 rings (SSSR count). The van der Waals surface area contributed by atoms with Gasteiger partial charge >= 0.3 is 5.97 Å². The fraction of sp³-hybridized carbons (Fsp3) is 0.346. The fourth-order valence-electron chi connectivity index (χ4n) is 3.75. The molecular formula is C26H31NO2. The third-order valence-corrected chi connectivity index (χ3v) is 5.28. The van der Waals surface area contributed by atoms with Crippen molar-refractivity contribution in [3.05, 3.63) is 76.9 Å². The molecule has 0 heterocycles. The summed E-state index contributed by atoms with van der Waals surface area (Å²) >= 11 is 0. The first-order chi connectivity index (χ1) is 14.2. The van der Waals surface area contributed by atoms with Crippen molar-refractivity contribution < 1.29 is 9.53 Å². The van der Waals surface area contributed by atoms with Gasteiger partial charge in [0.2, 0.25) is 0 Å². The van der Waals surface area contributed by atoms with Gasteiger partial charge in [-0.1, -0.05) is 66.8 Å². The van der Waals surface area contributed by atoms with Crippen LogP contribution < -0.4 is 0 Å². The number of carbonyl (C=O) groups excluding carboxylic acids is 1. The van der Waals surface area contributed by atoms with Gasteiger partial charge in [0.1, 0.15) is 0 Å². The van der Waals surface area contributed by atoms with Gasteiger partial charge in [-0.3, -0.25) is 4.79 Å². The van der Waals surface area contributed by atoms with Crippen LogP contribution in [-0.2, 0) is 9.53 Å². The van der Waals surface area contributed by atoms with Crippen molar-refractivity contribution in [1.29, 1.82) is 0 Å². The van der Waals surface area contributed by atoms with E-state index < -0.39 is 0 Å². The lowest BCUT2D eigenvalue weighted by Crippen LogP contribution is -2.20.